The van der Waals surface area contributed by atoms with Crippen molar-refractivity contribution in [1.82, 2.24) is 14.5 Å². The van der Waals surface area contributed by atoms with Crippen LogP contribution in [0.1, 0.15) is 0 Å². The number of para-hydroxylation sites is 1. The van der Waals surface area contributed by atoms with E-state index in [9.17, 15) is 0 Å². The predicted molar refractivity (Wildman–Crippen MR) is 195 cm³/mol. The van der Waals surface area contributed by atoms with Crippen molar-refractivity contribution < 1.29 is 0 Å². The minimum atomic E-state index is -2.06. The molecule has 6 aromatic carbocycles. The first kappa shape index (κ1) is 26.8. The molecule has 218 valence electrons. The summed E-state index contributed by atoms with van der Waals surface area (Å²) in [6, 6.07) is 54.3. The summed E-state index contributed by atoms with van der Waals surface area (Å²) >= 11 is 0. The van der Waals surface area contributed by atoms with Gasteiger partial charge in [0.05, 0.1) is 22.4 Å². The molecule has 46 heavy (non-hydrogen) atoms. The van der Waals surface area contributed by atoms with Crippen molar-refractivity contribution in [2.24, 2.45) is 0 Å². The molecule has 9 rings (SSSR count). The summed E-state index contributed by atoms with van der Waals surface area (Å²) in [4.78, 5) is 10.6. The van der Waals surface area contributed by atoms with E-state index in [-0.39, 0.29) is 0 Å². The van der Waals surface area contributed by atoms with Crippen LogP contribution in [0, 0.1) is 0 Å². The van der Waals surface area contributed by atoms with Crippen molar-refractivity contribution in [2.75, 3.05) is 0 Å². The van der Waals surface area contributed by atoms with Gasteiger partial charge in [-0.1, -0.05) is 134 Å². The van der Waals surface area contributed by atoms with Gasteiger partial charge in [-0.3, -0.25) is 0 Å². The Balaban J connectivity index is 1.26. The molecule has 0 aliphatic carbocycles. The monoisotopic (exact) mass is 605 g/mol. The van der Waals surface area contributed by atoms with Crippen LogP contribution in [0.4, 0.5) is 0 Å². The molecule has 0 saturated heterocycles. The van der Waals surface area contributed by atoms with Gasteiger partial charge in [0.1, 0.15) is 8.07 Å². The topological polar surface area (TPSA) is 30.7 Å². The lowest BCUT2D eigenvalue weighted by molar-refractivity contribution is 1.18. The summed E-state index contributed by atoms with van der Waals surface area (Å²) in [5.74, 6) is 0.775. The van der Waals surface area contributed by atoms with Gasteiger partial charge in [0.25, 0.3) is 0 Å². The molecular weight excluding hydrogens is 575 g/mol. The average Bonchev–Trinajstić information content (AvgIpc) is 3.57. The van der Waals surface area contributed by atoms with E-state index in [0.717, 1.165) is 34.0 Å². The number of rotatable bonds is 4. The van der Waals surface area contributed by atoms with Crippen LogP contribution in [0.5, 0.6) is 0 Å². The largest absolute Gasteiger partial charge is 0.309 e. The van der Waals surface area contributed by atoms with Gasteiger partial charge in [-0.2, -0.15) is 0 Å². The molecule has 0 N–H and O–H groups in total. The van der Waals surface area contributed by atoms with Crippen LogP contribution in [-0.4, -0.2) is 22.6 Å². The summed E-state index contributed by atoms with van der Waals surface area (Å²) in [5.41, 5.74) is 11.6. The maximum atomic E-state index is 5.37. The van der Waals surface area contributed by atoms with Gasteiger partial charge < -0.3 is 4.57 Å². The third kappa shape index (κ3) is 4.04. The lowest BCUT2D eigenvalue weighted by Gasteiger charge is -2.21. The zero-order valence-corrected chi connectivity index (χ0v) is 26.8. The summed E-state index contributed by atoms with van der Waals surface area (Å²) in [6.45, 7) is 4.88. The molecule has 2 aromatic heterocycles. The smallest absolute Gasteiger partial charge is 0.160 e. The van der Waals surface area contributed by atoms with E-state index < -0.39 is 8.07 Å². The number of fused-ring (bicyclic) bond motifs is 6. The minimum Gasteiger partial charge on any atom is -0.309 e. The lowest BCUT2D eigenvalue weighted by atomic mass is 10.0. The molecule has 0 unspecified atom stereocenters. The summed E-state index contributed by atoms with van der Waals surface area (Å²) in [7, 11) is -2.06. The molecule has 0 atom stereocenters. The van der Waals surface area contributed by atoms with E-state index in [4.69, 9.17) is 9.97 Å². The van der Waals surface area contributed by atoms with E-state index in [0.29, 0.717) is 0 Å². The highest BCUT2D eigenvalue weighted by Gasteiger charge is 2.41. The highest BCUT2D eigenvalue weighted by atomic mass is 28.3. The van der Waals surface area contributed by atoms with Crippen molar-refractivity contribution in [2.45, 2.75) is 13.1 Å². The molecular formula is C42H31N3Si. The van der Waals surface area contributed by atoms with Crippen molar-refractivity contribution in [3.8, 4) is 50.7 Å². The van der Waals surface area contributed by atoms with Crippen LogP contribution in [0.25, 0.3) is 72.5 Å². The van der Waals surface area contributed by atoms with E-state index in [1.807, 2.05) is 6.07 Å². The summed E-state index contributed by atoms with van der Waals surface area (Å²) in [5, 5.41) is 5.22. The zero-order valence-electron chi connectivity index (χ0n) is 25.8. The molecule has 3 heterocycles. The fraction of sp³-hybridized carbons (Fsp3) is 0.0476. The van der Waals surface area contributed by atoms with Gasteiger partial charge in [-0.15, -0.1) is 0 Å². The third-order valence-electron chi connectivity index (χ3n) is 9.60. The third-order valence-corrected chi connectivity index (χ3v) is 13.1. The first-order valence-corrected chi connectivity index (χ1v) is 18.9. The SMILES string of the molecule is C[Si]1(C)c2ccccc2-c2nc(-c3ccccc3)nc(-c3ccc4c(c3)c3ccccc3n4-c3ccc(-c4ccccc4)cc3)c21. The second kappa shape index (κ2) is 10.2. The predicted octanol–water partition coefficient (Wildman–Crippen LogP) is 9.38. The standard InChI is InChI=1S/C42H31N3Si/c1-46(2)38-20-12-10-18-34(38)40-41(46)39(43-42(44-40)30-15-7-4-8-16-30)31-23-26-37-35(27-31)33-17-9-11-19-36(33)45(37)32-24-21-29(22-25-32)28-13-5-3-6-14-28/h3-27H,1-2H3. The first-order chi connectivity index (χ1) is 22.6. The normalized spacial score (nSPS) is 13.2. The highest BCUT2D eigenvalue weighted by molar-refractivity contribution is 7.04. The van der Waals surface area contributed by atoms with Crippen molar-refractivity contribution in [3.05, 3.63) is 152 Å². The van der Waals surface area contributed by atoms with Crippen LogP contribution >= 0.6 is 0 Å². The summed E-state index contributed by atoms with van der Waals surface area (Å²) in [6.07, 6.45) is 0. The fourth-order valence-corrected chi connectivity index (χ4v) is 10.6. The molecule has 0 saturated carbocycles. The molecule has 1 aliphatic rings. The average molecular weight is 606 g/mol. The molecule has 1 aliphatic heterocycles. The van der Waals surface area contributed by atoms with Crippen LogP contribution in [-0.2, 0) is 0 Å². The van der Waals surface area contributed by atoms with Gasteiger partial charge >= 0.3 is 0 Å². The molecule has 0 amide bonds. The molecule has 0 radical (unpaired) electrons. The van der Waals surface area contributed by atoms with Gasteiger partial charge in [0.2, 0.25) is 0 Å². The van der Waals surface area contributed by atoms with Crippen molar-refractivity contribution in [1.29, 1.82) is 0 Å². The molecule has 0 fully saturated rings. The van der Waals surface area contributed by atoms with E-state index in [1.54, 1.807) is 0 Å². The van der Waals surface area contributed by atoms with E-state index in [1.165, 1.54) is 48.9 Å². The Morgan fingerprint density at radius 1 is 0.478 bits per heavy atom. The Hall–Kier alpha value is -5.58. The Morgan fingerprint density at radius 3 is 1.85 bits per heavy atom. The molecule has 0 bridgehead atoms. The Morgan fingerprint density at radius 2 is 1.07 bits per heavy atom. The van der Waals surface area contributed by atoms with E-state index in [2.05, 4.69) is 163 Å². The number of aromatic nitrogens is 3. The van der Waals surface area contributed by atoms with Gasteiger partial charge in [-0.05, 0) is 57.4 Å². The molecule has 8 aromatic rings. The summed E-state index contributed by atoms with van der Waals surface area (Å²) < 4.78 is 2.39. The quantitative estimate of drug-likeness (QED) is 0.187. The zero-order chi connectivity index (χ0) is 30.8. The number of hydrogen-bond donors (Lipinski definition) is 0. The second-order valence-electron chi connectivity index (χ2n) is 12.7. The van der Waals surface area contributed by atoms with Gasteiger partial charge in [-0.25, -0.2) is 9.97 Å². The Labute approximate surface area is 269 Å². The van der Waals surface area contributed by atoms with Crippen LogP contribution < -0.4 is 10.4 Å². The van der Waals surface area contributed by atoms with Gasteiger partial charge in [0, 0.05) is 27.6 Å². The lowest BCUT2D eigenvalue weighted by Crippen LogP contribution is -2.50. The second-order valence-corrected chi connectivity index (χ2v) is 16.9. The highest BCUT2D eigenvalue weighted by Crippen LogP contribution is 2.38. The number of hydrogen-bond acceptors (Lipinski definition) is 2. The van der Waals surface area contributed by atoms with Crippen LogP contribution in [0.15, 0.2) is 152 Å². The van der Waals surface area contributed by atoms with Gasteiger partial charge in [0.15, 0.2) is 5.82 Å². The minimum absolute atomic E-state index is 0.775. The Kier molecular flexibility index (Phi) is 5.96. The Bertz CT molecular complexity index is 2430. The first-order valence-electron chi connectivity index (χ1n) is 15.9. The van der Waals surface area contributed by atoms with Crippen LogP contribution in [0.2, 0.25) is 13.1 Å². The fourth-order valence-electron chi connectivity index (χ4n) is 7.37. The van der Waals surface area contributed by atoms with Crippen molar-refractivity contribution >= 4 is 40.3 Å². The van der Waals surface area contributed by atoms with E-state index >= 15 is 0 Å². The molecule has 0 spiro atoms. The maximum Gasteiger partial charge on any atom is 0.160 e. The van der Waals surface area contributed by atoms with Crippen LogP contribution in [0.3, 0.4) is 0 Å². The number of benzene rings is 6. The molecule has 4 heteroatoms. The number of nitrogens with zero attached hydrogens (tertiary/aromatic N) is 3. The molecule has 3 nitrogen and oxygen atoms in total. The maximum absolute atomic E-state index is 5.37. The van der Waals surface area contributed by atoms with Crippen molar-refractivity contribution in [3.63, 3.8) is 0 Å².